The number of nitrogens with one attached hydrogen (secondary N) is 1. The first-order chi connectivity index (χ1) is 9.08. The normalized spacial score (nSPS) is 12.5. The summed E-state index contributed by atoms with van der Waals surface area (Å²) in [4.78, 5) is 1.03. The smallest absolute Gasteiger partial charge is 0.134 e. The van der Waals surface area contributed by atoms with Crippen molar-refractivity contribution in [3.63, 3.8) is 0 Å². The Kier molecular flexibility index (Phi) is 4.45. The van der Waals surface area contributed by atoms with Crippen LogP contribution in [0.4, 0.5) is 4.39 Å². The van der Waals surface area contributed by atoms with Crippen LogP contribution in [0.15, 0.2) is 23.6 Å². The van der Waals surface area contributed by atoms with Crippen LogP contribution in [0.3, 0.4) is 0 Å². The van der Waals surface area contributed by atoms with E-state index in [0.717, 1.165) is 16.2 Å². The zero-order chi connectivity index (χ0) is 14.0. The summed E-state index contributed by atoms with van der Waals surface area (Å²) in [6.45, 7) is 1.73. The van der Waals surface area contributed by atoms with E-state index >= 15 is 0 Å². The number of thiophene rings is 1. The maximum Gasteiger partial charge on any atom is 0.134 e. The zero-order valence-corrected chi connectivity index (χ0v) is 12.5. The van der Waals surface area contributed by atoms with Crippen molar-refractivity contribution in [2.45, 2.75) is 13.0 Å². The van der Waals surface area contributed by atoms with Gasteiger partial charge in [0.1, 0.15) is 11.6 Å². The number of halogens is 2. The molecule has 5 heteroatoms. The second-order valence-corrected chi connectivity index (χ2v) is 5.55. The SMILES string of the molecule is CNC(c1cc(C)c(F)cc1Cl)c1sccc1OC. The van der Waals surface area contributed by atoms with Gasteiger partial charge in [-0.15, -0.1) is 11.3 Å². The summed E-state index contributed by atoms with van der Waals surface area (Å²) in [5, 5.41) is 5.58. The molecule has 1 heterocycles. The third-order valence-corrected chi connectivity index (χ3v) is 4.31. The summed E-state index contributed by atoms with van der Waals surface area (Å²) in [6.07, 6.45) is 0. The third-order valence-electron chi connectivity index (χ3n) is 3.02. The molecule has 2 nitrogen and oxygen atoms in total. The molecule has 1 aromatic heterocycles. The number of methoxy groups -OCH3 is 1. The predicted octanol–water partition coefficient (Wildman–Crippen LogP) is 4.17. The average Bonchev–Trinajstić information content (AvgIpc) is 2.84. The molecule has 0 fully saturated rings. The van der Waals surface area contributed by atoms with E-state index in [4.69, 9.17) is 16.3 Å². The largest absolute Gasteiger partial charge is 0.496 e. The van der Waals surface area contributed by atoms with Crippen molar-refractivity contribution in [3.05, 3.63) is 50.4 Å². The minimum atomic E-state index is -0.290. The summed E-state index contributed by atoms with van der Waals surface area (Å²) in [5.74, 6) is 0.518. The number of benzene rings is 1. The van der Waals surface area contributed by atoms with Gasteiger partial charge in [-0.05, 0) is 48.7 Å². The van der Waals surface area contributed by atoms with E-state index in [1.54, 1.807) is 31.4 Å². The van der Waals surface area contributed by atoms with Crippen molar-refractivity contribution in [1.29, 1.82) is 0 Å². The molecule has 1 aromatic carbocycles. The van der Waals surface area contributed by atoms with E-state index in [2.05, 4.69) is 5.32 Å². The maximum absolute atomic E-state index is 13.5. The maximum atomic E-state index is 13.5. The van der Waals surface area contributed by atoms with Gasteiger partial charge in [0, 0.05) is 5.02 Å². The van der Waals surface area contributed by atoms with E-state index in [1.165, 1.54) is 6.07 Å². The topological polar surface area (TPSA) is 21.3 Å². The number of ether oxygens (including phenoxy) is 1. The fourth-order valence-corrected chi connectivity index (χ4v) is 3.26. The molecule has 0 spiro atoms. The Morgan fingerprint density at radius 1 is 1.42 bits per heavy atom. The number of rotatable bonds is 4. The van der Waals surface area contributed by atoms with Crippen molar-refractivity contribution < 1.29 is 9.13 Å². The first-order valence-electron chi connectivity index (χ1n) is 5.82. The molecule has 0 radical (unpaired) electrons. The molecule has 1 unspecified atom stereocenters. The first-order valence-corrected chi connectivity index (χ1v) is 7.08. The minimum Gasteiger partial charge on any atom is -0.496 e. The monoisotopic (exact) mass is 299 g/mol. The van der Waals surface area contributed by atoms with E-state index in [-0.39, 0.29) is 11.9 Å². The van der Waals surface area contributed by atoms with Gasteiger partial charge in [-0.1, -0.05) is 11.6 Å². The fraction of sp³-hybridized carbons (Fsp3) is 0.286. The van der Waals surface area contributed by atoms with Crippen LogP contribution in [-0.4, -0.2) is 14.2 Å². The zero-order valence-electron chi connectivity index (χ0n) is 11.0. The van der Waals surface area contributed by atoms with Crippen LogP contribution in [0.1, 0.15) is 22.0 Å². The summed E-state index contributed by atoms with van der Waals surface area (Å²) in [6, 6.07) is 4.94. The van der Waals surface area contributed by atoms with Gasteiger partial charge in [-0.25, -0.2) is 4.39 Å². The van der Waals surface area contributed by atoms with Gasteiger partial charge in [-0.2, -0.15) is 0 Å². The fourth-order valence-electron chi connectivity index (χ4n) is 2.02. The van der Waals surface area contributed by atoms with Crippen LogP contribution in [-0.2, 0) is 0 Å². The van der Waals surface area contributed by atoms with E-state index < -0.39 is 0 Å². The molecule has 0 aliphatic heterocycles. The third kappa shape index (κ3) is 2.76. The first kappa shape index (κ1) is 14.3. The van der Waals surface area contributed by atoms with Gasteiger partial charge in [0.2, 0.25) is 0 Å². The summed E-state index contributed by atoms with van der Waals surface area (Å²) < 4.78 is 18.8. The molecule has 102 valence electrons. The highest BCUT2D eigenvalue weighted by Gasteiger charge is 2.21. The highest BCUT2D eigenvalue weighted by Crippen LogP contribution is 2.37. The summed E-state index contributed by atoms with van der Waals surface area (Å²) in [7, 11) is 3.48. The second-order valence-electron chi connectivity index (χ2n) is 4.20. The second kappa shape index (κ2) is 5.90. The Balaban J connectivity index is 2.51. The molecule has 0 saturated carbocycles. The summed E-state index contributed by atoms with van der Waals surface area (Å²) >= 11 is 7.75. The van der Waals surface area contributed by atoms with E-state index in [1.807, 2.05) is 18.5 Å². The van der Waals surface area contributed by atoms with Gasteiger partial charge >= 0.3 is 0 Å². The minimum absolute atomic E-state index is 0.109. The Morgan fingerprint density at radius 2 is 2.16 bits per heavy atom. The van der Waals surface area contributed by atoms with Gasteiger partial charge in [0.25, 0.3) is 0 Å². The highest BCUT2D eigenvalue weighted by molar-refractivity contribution is 7.10. The van der Waals surface area contributed by atoms with Gasteiger partial charge in [0.05, 0.1) is 18.0 Å². The lowest BCUT2D eigenvalue weighted by molar-refractivity contribution is 0.408. The molecule has 0 bridgehead atoms. The molecule has 2 aromatic rings. The van der Waals surface area contributed by atoms with Crippen LogP contribution in [0.25, 0.3) is 0 Å². The van der Waals surface area contributed by atoms with Crippen LogP contribution in [0, 0.1) is 12.7 Å². The standard InChI is InChI=1S/C14H15ClFNOS/c1-8-6-9(10(15)7-11(8)16)13(17-2)14-12(18-3)4-5-19-14/h4-7,13,17H,1-3H3. The van der Waals surface area contributed by atoms with Crippen molar-refractivity contribution in [2.24, 2.45) is 0 Å². The van der Waals surface area contributed by atoms with Gasteiger partial charge < -0.3 is 10.1 Å². The molecule has 0 aliphatic carbocycles. The molecule has 1 atom stereocenters. The van der Waals surface area contributed by atoms with Crippen molar-refractivity contribution >= 4 is 22.9 Å². The molecule has 0 aliphatic rings. The van der Waals surface area contributed by atoms with Crippen molar-refractivity contribution in [3.8, 4) is 5.75 Å². The molecule has 2 rings (SSSR count). The van der Waals surface area contributed by atoms with Crippen molar-refractivity contribution in [2.75, 3.05) is 14.2 Å². The number of hydrogen-bond acceptors (Lipinski definition) is 3. The quantitative estimate of drug-likeness (QED) is 0.915. The highest BCUT2D eigenvalue weighted by atomic mass is 35.5. The van der Waals surface area contributed by atoms with Crippen LogP contribution >= 0.6 is 22.9 Å². The van der Waals surface area contributed by atoms with Crippen molar-refractivity contribution in [1.82, 2.24) is 5.32 Å². The molecule has 19 heavy (non-hydrogen) atoms. The molecule has 1 N–H and O–H groups in total. The molecule has 0 saturated heterocycles. The average molecular weight is 300 g/mol. The number of aryl methyl sites for hydroxylation is 1. The van der Waals surface area contributed by atoms with E-state index in [9.17, 15) is 4.39 Å². The summed E-state index contributed by atoms with van der Waals surface area (Å²) in [5.41, 5.74) is 1.43. The Bertz CT molecular complexity index is 585. The number of hydrogen-bond donors (Lipinski definition) is 1. The molecule has 0 amide bonds. The van der Waals surface area contributed by atoms with Gasteiger partial charge in [0.15, 0.2) is 0 Å². The van der Waals surface area contributed by atoms with Crippen LogP contribution in [0.2, 0.25) is 5.02 Å². The molecular formula is C14H15ClFNOS. The Labute approximate surface area is 121 Å². The van der Waals surface area contributed by atoms with Crippen LogP contribution < -0.4 is 10.1 Å². The molecular weight excluding hydrogens is 285 g/mol. The van der Waals surface area contributed by atoms with Gasteiger partial charge in [-0.3, -0.25) is 0 Å². The van der Waals surface area contributed by atoms with Crippen LogP contribution in [0.5, 0.6) is 5.75 Å². The predicted molar refractivity (Wildman–Crippen MR) is 77.9 cm³/mol. The lowest BCUT2D eigenvalue weighted by Crippen LogP contribution is -2.18. The lowest BCUT2D eigenvalue weighted by Gasteiger charge is -2.19. The van der Waals surface area contributed by atoms with E-state index in [0.29, 0.717) is 10.6 Å². The lowest BCUT2D eigenvalue weighted by atomic mass is 10.0. The Hall–Kier alpha value is -1.10. The Morgan fingerprint density at radius 3 is 2.79 bits per heavy atom.